The molecule has 1 aliphatic heterocycles. The van der Waals surface area contributed by atoms with Crippen molar-refractivity contribution in [2.75, 3.05) is 13.1 Å². The van der Waals surface area contributed by atoms with E-state index in [0.717, 1.165) is 18.7 Å². The Kier molecular flexibility index (Phi) is 4.16. The molecule has 0 bridgehead atoms. The zero-order chi connectivity index (χ0) is 16.6. The van der Waals surface area contributed by atoms with Crippen molar-refractivity contribution in [1.82, 2.24) is 20.2 Å². The Morgan fingerprint density at radius 3 is 2.78 bits per heavy atom. The molecule has 23 heavy (non-hydrogen) atoms. The molecule has 122 valence electrons. The average Bonchev–Trinajstić information content (AvgIpc) is 3.09. The number of carbonyl (C=O) groups is 2. The molecule has 2 aromatic heterocycles. The van der Waals surface area contributed by atoms with Crippen LogP contribution in [0.5, 0.6) is 0 Å². The van der Waals surface area contributed by atoms with Crippen LogP contribution < -0.4 is 16.2 Å². The lowest BCUT2D eigenvalue weighted by atomic mass is 10.2. The Morgan fingerprint density at radius 2 is 2.04 bits per heavy atom. The van der Waals surface area contributed by atoms with Gasteiger partial charge < -0.3 is 10.6 Å². The van der Waals surface area contributed by atoms with Gasteiger partial charge in [-0.2, -0.15) is 0 Å². The van der Waals surface area contributed by atoms with Crippen LogP contribution in [0.25, 0.3) is 10.2 Å². The molecule has 2 aromatic rings. The highest BCUT2D eigenvalue weighted by Gasteiger charge is 2.23. The number of nitrogens with zero attached hydrogens (tertiary/aromatic N) is 2. The molecular formula is C15H18N4O3S. The first-order valence-electron chi connectivity index (χ1n) is 7.54. The summed E-state index contributed by atoms with van der Waals surface area (Å²) >= 11 is 1.25. The number of aromatic nitrogens is 2. The van der Waals surface area contributed by atoms with Gasteiger partial charge in [-0.05, 0) is 18.9 Å². The Morgan fingerprint density at radius 1 is 1.30 bits per heavy atom. The van der Waals surface area contributed by atoms with Crippen LogP contribution in [0.1, 0.15) is 34.4 Å². The second kappa shape index (κ2) is 6.11. The molecule has 7 nitrogen and oxygen atoms in total. The summed E-state index contributed by atoms with van der Waals surface area (Å²) in [5.41, 5.74) is 0.635. The molecule has 0 radical (unpaired) electrons. The maximum absolute atomic E-state index is 12.6. The second-order valence-corrected chi connectivity index (χ2v) is 6.56. The molecule has 8 heteroatoms. The summed E-state index contributed by atoms with van der Waals surface area (Å²) in [6, 6.07) is 0. The van der Waals surface area contributed by atoms with E-state index in [1.807, 2.05) is 0 Å². The van der Waals surface area contributed by atoms with Gasteiger partial charge >= 0.3 is 0 Å². The number of hydrogen-bond donors (Lipinski definition) is 2. The first kappa shape index (κ1) is 15.7. The minimum Gasteiger partial charge on any atom is -0.355 e. The fraction of sp³-hybridized carbons (Fsp3) is 0.467. The van der Waals surface area contributed by atoms with Gasteiger partial charge in [0.15, 0.2) is 0 Å². The van der Waals surface area contributed by atoms with Gasteiger partial charge in [-0.3, -0.25) is 19.0 Å². The Bertz CT molecular complexity index is 853. The van der Waals surface area contributed by atoms with E-state index in [-0.39, 0.29) is 17.4 Å². The van der Waals surface area contributed by atoms with Crippen LogP contribution in [0.15, 0.2) is 4.79 Å². The molecule has 3 heterocycles. The Balaban J connectivity index is 1.86. The van der Waals surface area contributed by atoms with Crippen LogP contribution in [0.4, 0.5) is 0 Å². The highest BCUT2D eigenvalue weighted by molar-refractivity contribution is 7.20. The SMILES string of the molecule is CC(=O)NCCNC(=O)c1sc2nc3n(c(=O)c2c1C)CCC3. The number of fused-ring (bicyclic) bond motifs is 2. The van der Waals surface area contributed by atoms with E-state index in [4.69, 9.17) is 0 Å². The van der Waals surface area contributed by atoms with Gasteiger partial charge in [0.1, 0.15) is 10.7 Å². The van der Waals surface area contributed by atoms with E-state index < -0.39 is 0 Å². The third kappa shape index (κ3) is 2.86. The van der Waals surface area contributed by atoms with Crippen molar-refractivity contribution < 1.29 is 9.59 Å². The van der Waals surface area contributed by atoms with Crippen LogP contribution in [-0.2, 0) is 17.8 Å². The smallest absolute Gasteiger partial charge is 0.262 e. The van der Waals surface area contributed by atoms with E-state index in [2.05, 4.69) is 15.6 Å². The first-order valence-corrected chi connectivity index (χ1v) is 8.36. The molecule has 0 fully saturated rings. The average molecular weight is 334 g/mol. The molecule has 2 N–H and O–H groups in total. The van der Waals surface area contributed by atoms with Gasteiger partial charge in [0, 0.05) is 33.0 Å². The van der Waals surface area contributed by atoms with Crippen LogP contribution in [0, 0.1) is 6.92 Å². The summed E-state index contributed by atoms with van der Waals surface area (Å²) in [6.45, 7) is 4.63. The number of nitrogens with one attached hydrogen (secondary N) is 2. The van der Waals surface area contributed by atoms with Crippen LogP contribution in [0.2, 0.25) is 0 Å². The molecule has 0 aromatic carbocycles. The number of amides is 2. The van der Waals surface area contributed by atoms with E-state index in [1.54, 1.807) is 11.5 Å². The van der Waals surface area contributed by atoms with Crippen LogP contribution in [0.3, 0.4) is 0 Å². The summed E-state index contributed by atoms with van der Waals surface area (Å²) in [5, 5.41) is 5.92. The lowest BCUT2D eigenvalue weighted by molar-refractivity contribution is -0.118. The highest BCUT2D eigenvalue weighted by atomic mass is 32.1. The molecular weight excluding hydrogens is 316 g/mol. The van der Waals surface area contributed by atoms with Gasteiger partial charge in [-0.25, -0.2) is 4.98 Å². The van der Waals surface area contributed by atoms with Crippen LogP contribution >= 0.6 is 11.3 Å². The largest absolute Gasteiger partial charge is 0.355 e. The number of carbonyl (C=O) groups excluding carboxylic acids is 2. The second-order valence-electron chi connectivity index (χ2n) is 5.56. The Labute approximate surface area is 136 Å². The minimum atomic E-state index is -0.236. The first-order chi connectivity index (χ1) is 11.0. The molecule has 2 amide bonds. The quantitative estimate of drug-likeness (QED) is 0.800. The van der Waals surface area contributed by atoms with E-state index >= 15 is 0 Å². The van der Waals surface area contributed by atoms with E-state index in [9.17, 15) is 14.4 Å². The summed E-state index contributed by atoms with van der Waals surface area (Å²) in [5.74, 6) is 0.436. The zero-order valence-electron chi connectivity index (χ0n) is 13.1. The molecule has 0 atom stereocenters. The molecule has 0 saturated heterocycles. The fourth-order valence-corrected chi connectivity index (χ4v) is 3.89. The van der Waals surface area contributed by atoms with Gasteiger partial charge in [0.25, 0.3) is 11.5 Å². The van der Waals surface area contributed by atoms with Crippen molar-refractivity contribution in [3.8, 4) is 0 Å². The normalized spacial score (nSPS) is 13.1. The van der Waals surface area contributed by atoms with Crippen molar-refractivity contribution in [1.29, 1.82) is 0 Å². The van der Waals surface area contributed by atoms with E-state index in [0.29, 0.717) is 40.3 Å². The van der Waals surface area contributed by atoms with Crippen LogP contribution in [-0.4, -0.2) is 34.5 Å². The molecule has 0 spiro atoms. The molecule has 0 unspecified atom stereocenters. The summed E-state index contributed by atoms with van der Waals surface area (Å²) in [4.78, 5) is 41.3. The van der Waals surface area contributed by atoms with Gasteiger partial charge in [-0.1, -0.05) is 0 Å². The van der Waals surface area contributed by atoms with Crippen molar-refractivity contribution in [3.05, 3.63) is 26.6 Å². The standard InChI is InChI=1S/C15H18N4O3S/c1-8-11-14(18-10-4-3-7-19(10)15(11)22)23-12(8)13(21)17-6-5-16-9(2)20/h3-7H2,1-2H3,(H,16,20)(H,17,21). The van der Waals surface area contributed by atoms with Crippen molar-refractivity contribution >= 4 is 33.4 Å². The summed E-state index contributed by atoms with van der Waals surface area (Å²) < 4.78 is 1.71. The number of rotatable bonds is 4. The third-order valence-electron chi connectivity index (χ3n) is 3.90. The fourth-order valence-electron chi connectivity index (χ4n) is 2.79. The molecule has 0 saturated carbocycles. The predicted octanol–water partition coefficient (Wildman–Crippen LogP) is 0.579. The molecule has 3 rings (SSSR count). The molecule has 0 aliphatic carbocycles. The van der Waals surface area contributed by atoms with Gasteiger partial charge in [0.2, 0.25) is 5.91 Å². The number of aryl methyl sites for hydroxylation is 2. The third-order valence-corrected chi connectivity index (χ3v) is 5.09. The maximum atomic E-state index is 12.6. The summed E-state index contributed by atoms with van der Waals surface area (Å²) in [7, 11) is 0. The lowest BCUT2D eigenvalue weighted by Gasteiger charge is -2.05. The zero-order valence-corrected chi connectivity index (χ0v) is 13.9. The predicted molar refractivity (Wildman–Crippen MR) is 88.0 cm³/mol. The van der Waals surface area contributed by atoms with Crippen molar-refractivity contribution in [3.63, 3.8) is 0 Å². The summed E-state index contributed by atoms with van der Waals surface area (Å²) in [6.07, 6.45) is 1.75. The number of thiophene rings is 1. The Hall–Kier alpha value is -2.22. The maximum Gasteiger partial charge on any atom is 0.262 e. The van der Waals surface area contributed by atoms with Crippen molar-refractivity contribution in [2.24, 2.45) is 0 Å². The topological polar surface area (TPSA) is 93.1 Å². The highest BCUT2D eigenvalue weighted by Crippen LogP contribution is 2.28. The van der Waals surface area contributed by atoms with E-state index in [1.165, 1.54) is 18.3 Å². The lowest BCUT2D eigenvalue weighted by Crippen LogP contribution is -2.33. The van der Waals surface area contributed by atoms with Crippen molar-refractivity contribution in [2.45, 2.75) is 33.2 Å². The monoisotopic (exact) mass is 334 g/mol. The molecule has 1 aliphatic rings. The minimum absolute atomic E-state index is 0.0476. The van der Waals surface area contributed by atoms with Gasteiger partial charge in [0.05, 0.1) is 10.3 Å². The van der Waals surface area contributed by atoms with Gasteiger partial charge in [-0.15, -0.1) is 11.3 Å². The number of hydrogen-bond acceptors (Lipinski definition) is 5.